The predicted octanol–water partition coefficient (Wildman–Crippen LogP) is 4.02. The maximum atomic E-state index is 5.75. The second kappa shape index (κ2) is 9.96. The maximum Gasteiger partial charge on any atom is 0.199 e. The highest BCUT2D eigenvalue weighted by Gasteiger charge is 2.13. The van der Waals surface area contributed by atoms with Crippen molar-refractivity contribution in [2.75, 3.05) is 20.2 Å². The van der Waals surface area contributed by atoms with Crippen molar-refractivity contribution in [3.63, 3.8) is 0 Å². The molecule has 0 aliphatic carbocycles. The van der Waals surface area contributed by atoms with Gasteiger partial charge in [-0.1, -0.05) is 24.3 Å². The Kier molecular flexibility index (Phi) is 7.11. The topological polar surface area (TPSA) is 48.1 Å². The van der Waals surface area contributed by atoms with Crippen molar-refractivity contribution in [3.8, 4) is 17.1 Å². The average Bonchev–Trinajstić information content (AvgIpc) is 3.03. The average molecular weight is 396 g/mol. The number of hydrogen-bond acceptors (Lipinski definition) is 5. The zero-order chi connectivity index (χ0) is 19.8. The first-order valence-corrected chi connectivity index (χ1v) is 9.65. The molecule has 0 N–H and O–H groups in total. The van der Waals surface area contributed by atoms with E-state index >= 15 is 0 Å². The second-order valence-electron chi connectivity index (χ2n) is 6.48. The number of allylic oxidation sites excluding steroid dienone is 1. The van der Waals surface area contributed by atoms with Gasteiger partial charge in [-0.05, 0) is 50.0 Å². The molecule has 2 heterocycles. The minimum atomic E-state index is 0.609. The molecule has 7 heteroatoms. The Hall–Kier alpha value is -2.77. The summed E-state index contributed by atoms with van der Waals surface area (Å²) < 4.78 is 10.2. The van der Waals surface area contributed by atoms with Crippen LogP contribution >= 0.6 is 12.2 Å². The SMILES string of the molecule is C=CCn1c(-c2cccnc2)nn(CN(C)CCCOc2ccccc2)c1=S. The molecular weight excluding hydrogens is 370 g/mol. The first-order chi connectivity index (χ1) is 13.7. The second-order valence-corrected chi connectivity index (χ2v) is 6.85. The number of para-hydroxylation sites is 1. The van der Waals surface area contributed by atoms with E-state index in [9.17, 15) is 0 Å². The molecule has 2 aromatic heterocycles. The van der Waals surface area contributed by atoms with Gasteiger partial charge in [-0.2, -0.15) is 5.10 Å². The molecule has 3 aromatic rings. The molecule has 0 fully saturated rings. The monoisotopic (exact) mass is 395 g/mol. The summed E-state index contributed by atoms with van der Waals surface area (Å²) in [6, 6.07) is 13.7. The number of pyridine rings is 1. The number of hydrogen-bond donors (Lipinski definition) is 0. The fourth-order valence-corrected chi connectivity index (χ4v) is 3.14. The van der Waals surface area contributed by atoms with E-state index < -0.39 is 0 Å². The molecule has 0 radical (unpaired) electrons. The zero-order valence-corrected chi connectivity index (χ0v) is 16.9. The minimum Gasteiger partial charge on any atom is -0.494 e. The molecule has 0 amide bonds. The van der Waals surface area contributed by atoms with Crippen molar-refractivity contribution in [2.24, 2.45) is 0 Å². The molecule has 0 saturated heterocycles. The van der Waals surface area contributed by atoms with Gasteiger partial charge >= 0.3 is 0 Å². The lowest BCUT2D eigenvalue weighted by Crippen LogP contribution is -2.25. The van der Waals surface area contributed by atoms with Gasteiger partial charge < -0.3 is 4.74 Å². The Morgan fingerprint density at radius 3 is 2.75 bits per heavy atom. The van der Waals surface area contributed by atoms with Crippen LogP contribution in [0.5, 0.6) is 5.75 Å². The van der Waals surface area contributed by atoms with Gasteiger partial charge in [0, 0.05) is 31.0 Å². The van der Waals surface area contributed by atoms with Crippen LogP contribution in [0.2, 0.25) is 0 Å². The van der Waals surface area contributed by atoms with E-state index in [0.717, 1.165) is 30.1 Å². The van der Waals surface area contributed by atoms with Gasteiger partial charge in [0.1, 0.15) is 5.75 Å². The van der Waals surface area contributed by atoms with Crippen LogP contribution in [0, 0.1) is 4.77 Å². The summed E-state index contributed by atoms with van der Waals surface area (Å²) >= 11 is 5.64. The van der Waals surface area contributed by atoms with E-state index in [1.54, 1.807) is 12.4 Å². The van der Waals surface area contributed by atoms with E-state index in [1.807, 2.05) is 57.8 Å². The Morgan fingerprint density at radius 2 is 2.04 bits per heavy atom. The van der Waals surface area contributed by atoms with E-state index in [2.05, 4.69) is 23.5 Å². The van der Waals surface area contributed by atoms with Crippen LogP contribution in [0.15, 0.2) is 67.5 Å². The van der Waals surface area contributed by atoms with E-state index in [-0.39, 0.29) is 0 Å². The van der Waals surface area contributed by atoms with Crippen LogP contribution in [0.4, 0.5) is 0 Å². The third-order valence-corrected chi connectivity index (χ3v) is 4.66. The molecule has 6 nitrogen and oxygen atoms in total. The number of rotatable bonds is 10. The predicted molar refractivity (Wildman–Crippen MR) is 114 cm³/mol. The van der Waals surface area contributed by atoms with Crippen molar-refractivity contribution in [1.29, 1.82) is 0 Å². The van der Waals surface area contributed by atoms with Crippen molar-refractivity contribution in [3.05, 3.63) is 72.3 Å². The molecule has 0 unspecified atom stereocenters. The lowest BCUT2D eigenvalue weighted by molar-refractivity contribution is 0.221. The normalized spacial score (nSPS) is 10.9. The lowest BCUT2D eigenvalue weighted by atomic mass is 10.3. The Bertz CT molecular complexity index is 936. The van der Waals surface area contributed by atoms with Crippen molar-refractivity contribution in [2.45, 2.75) is 19.6 Å². The van der Waals surface area contributed by atoms with Crippen LogP contribution in [0.1, 0.15) is 6.42 Å². The van der Waals surface area contributed by atoms with Gasteiger partial charge in [-0.3, -0.25) is 14.5 Å². The number of aromatic nitrogens is 4. The summed E-state index contributed by atoms with van der Waals surface area (Å²) in [6.07, 6.45) is 6.29. The largest absolute Gasteiger partial charge is 0.494 e. The quantitative estimate of drug-likeness (QED) is 0.295. The molecule has 1 aromatic carbocycles. The van der Waals surface area contributed by atoms with Gasteiger partial charge in [0.05, 0.1) is 13.3 Å². The van der Waals surface area contributed by atoms with Gasteiger partial charge in [0.25, 0.3) is 0 Å². The molecule has 0 saturated carbocycles. The van der Waals surface area contributed by atoms with Gasteiger partial charge in [-0.25, -0.2) is 4.68 Å². The van der Waals surface area contributed by atoms with Crippen LogP contribution in [-0.4, -0.2) is 44.4 Å². The summed E-state index contributed by atoms with van der Waals surface area (Å²) in [5.41, 5.74) is 0.938. The van der Waals surface area contributed by atoms with Gasteiger partial charge in [-0.15, -0.1) is 6.58 Å². The molecule has 0 bridgehead atoms. The van der Waals surface area contributed by atoms with Crippen LogP contribution in [-0.2, 0) is 13.2 Å². The molecule has 146 valence electrons. The first kappa shape index (κ1) is 20.0. The molecule has 28 heavy (non-hydrogen) atoms. The van der Waals surface area contributed by atoms with E-state index in [1.165, 1.54) is 0 Å². The molecule has 0 aliphatic heterocycles. The Labute approximate surface area is 170 Å². The first-order valence-electron chi connectivity index (χ1n) is 9.24. The molecule has 0 atom stereocenters. The van der Waals surface area contributed by atoms with Crippen molar-refractivity contribution >= 4 is 12.2 Å². The fraction of sp³-hybridized carbons (Fsp3) is 0.286. The van der Waals surface area contributed by atoms with Crippen LogP contribution in [0.25, 0.3) is 11.4 Å². The zero-order valence-electron chi connectivity index (χ0n) is 16.1. The number of benzene rings is 1. The van der Waals surface area contributed by atoms with Crippen LogP contribution < -0.4 is 4.74 Å². The summed E-state index contributed by atoms with van der Waals surface area (Å²) in [6.45, 7) is 6.61. The van der Waals surface area contributed by atoms with Crippen LogP contribution in [0.3, 0.4) is 0 Å². The molecule has 3 rings (SSSR count). The smallest absolute Gasteiger partial charge is 0.199 e. The summed E-state index contributed by atoms with van der Waals surface area (Å²) in [7, 11) is 2.06. The van der Waals surface area contributed by atoms with E-state index in [0.29, 0.717) is 24.6 Å². The minimum absolute atomic E-state index is 0.609. The third kappa shape index (κ3) is 5.15. The van der Waals surface area contributed by atoms with Crippen molar-refractivity contribution < 1.29 is 4.74 Å². The van der Waals surface area contributed by atoms with E-state index in [4.69, 9.17) is 22.1 Å². The molecule has 0 aliphatic rings. The lowest BCUT2D eigenvalue weighted by Gasteiger charge is -2.16. The maximum absolute atomic E-state index is 5.75. The highest BCUT2D eigenvalue weighted by Crippen LogP contribution is 2.17. The summed E-state index contributed by atoms with van der Waals surface area (Å²) in [5, 5.41) is 4.73. The fourth-order valence-electron chi connectivity index (χ4n) is 2.88. The van der Waals surface area contributed by atoms with Gasteiger partial charge in [0.15, 0.2) is 10.6 Å². The molecular formula is C21H25N5OS. The summed E-state index contributed by atoms with van der Waals surface area (Å²) in [5.74, 6) is 1.70. The molecule has 0 spiro atoms. The highest BCUT2D eigenvalue weighted by atomic mass is 32.1. The Morgan fingerprint density at radius 1 is 1.21 bits per heavy atom. The third-order valence-electron chi connectivity index (χ3n) is 4.23. The number of nitrogens with zero attached hydrogens (tertiary/aromatic N) is 5. The Balaban J connectivity index is 1.61. The van der Waals surface area contributed by atoms with Gasteiger partial charge in [0.2, 0.25) is 0 Å². The highest BCUT2D eigenvalue weighted by molar-refractivity contribution is 7.71. The summed E-state index contributed by atoms with van der Waals surface area (Å²) in [4.78, 5) is 6.37. The van der Waals surface area contributed by atoms with Crippen molar-refractivity contribution in [1.82, 2.24) is 24.2 Å². The number of ether oxygens (including phenoxy) is 1. The standard InChI is InChI=1S/C21H25N5OS/c1-3-13-25-20(18-9-7-12-22-16-18)23-26(21(25)28)17-24(2)14-8-15-27-19-10-5-4-6-11-19/h3-7,9-12,16H,1,8,13-15,17H2,2H3.